The van der Waals surface area contributed by atoms with Gasteiger partial charge in [0.1, 0.15) is 16.4 Å². The second kappa shape index (κ2) is 11.2. The number of para-hydroxylation sites is 1. The number of benzene rings is 2. The van der Waals surface area contributed by atoms with Crippen LogP contribution in [0.25, 0.3) is 5.69 Å². The van der Waals surface area contributed by atoms with Gasteiger partial charge in [-0.3, -0.25) is 4.79 Å². The van der Waals surface area contributed by atoms with Crippen molar-refractivity contribution in [1.82, 2.24) is 14.5 Å². The van der Waals surface area contributed by atoms with Gasteiger partial charge in [-0.1, -0.05) is 18.2 Å². The summed E-state index contributed by atoms with van der Waals surface area (Å²) in [6, 6.07) is 17.4. The molecule has 0 atom stereocenters. The van der Waals surface area contributed by atoms with Gasteiger partial charge in [0.25, 0.3) is 5.91 Å². The van der Waals surface area contributed by atoms with Crippen molar-refractivity contribution < 1.29 is 36.7 Å². The van der Waals surface area contributed by atoms with E-state index in [1.54, 1.807) is 30.3 Å². The van der Waals surface area contributed by atoms with Crippen molar-refractivity contribution in [3.05, 3.63) is 108 Å². The number of carboxylic acids is 1. The summed E-state index contributed by atoms with van der Waals surface area (Å²) < 4.78 is 47.3. The van der Waals surface area contributed by atoms with E-state index < -0.39 is 21.9 Å². The number of ether oxygens (including phenoxy) is 1. The molecule has 3 heterocycles. The van der Waals surface area contributed by atoms with Gasteiger partial charge < -0.3 is 24.0 Å². The lowest BCUT2D eigenvalue weighted by atomic mass is 10.2. The Hall–Kier alpha value is -5.14. The smallest absolute Gasteiger partial charge is 0.356 e. The largest absolute Gasteiger partial charge is 0.476 e. The maximum absolute atomic E-state index is 13.5. The molecule has 0 aliphatic heterocycles. The third-order valence-corrected chi connectivity index (χ3v) is 7.50. The molecule has 0 fully saturated rings. The Kier molecular flexibility index (Phi) is 7.46. The topological polar surface area (TPSA) is 166 Å². The van der Waals surface area contributed by atoms with Gasteiger partial charge in [-0.25, -0.2) is 17.9 Å². The Balaban J connectivity index is 1.58. The average molecular weight is 577 g/mol. The van der Waals surface area contributed by atoms with Gasteiger partial charge >= 0.3 is 5.97 Å². The van der Waals surface area contributed by atoms with Crippen LogP contribution in [0.4, 0.5) is 5.69 Å². The van der Waals surface area contributed by atoms with Gasteiger partial charge in [-0.05, 0) is 67.9 Å². The molecule has 3 aromatic heterocycles. The number of hydrogen-bond donors (Lipinski definition) is 3. The molecule has 0 aliphatic rings. The number of furan rings is 2. The number of amides is 1. The molecule has 0 radical (unpaired) electrons. The summed E-state index contributed by atoms with van der Waals surface area (Å²) in [5, 5.41) is 16.6. The van der Waals surface area contributed by atoms with E-state index in [9.17, 15) is 23.1 Å². The molecule has 3 N–H and O–H groups in total. The molecule has 1 amide bonds. The van der Waals surface area contributed by atoms with Gasteiger partial charge in [0.15, 0.2) is 11.5 Å². The van der Waals surface area contributed by atoms with E-state index in [1.807, 2.05) is 19.1 Å². The molecule has 13 heteroatoms. The summed E-state index contributed by atoms with van der Waals surface area (Å²) in [6.07, 6.45) is 2.75. The number of rotatable bonds is 10. The Morgan fingerprint density at radius 2 is 1.76 bits per heavy atom. The van der Waals surface area contributed by atoms with Crippen molar-refractivity contribution >= 4 is 27.6 Å². The number of aromatic carboxylic acids is 1. The summed E-state index contributed by atoms with van der Waals surface area (Å²) >= 11 is 0. The quantitative estimate of drug-likeness (QED) is 0.210. The minimum atomic E-state index is -4.26. The van der Waals surface area contributed by atoms with Crippen LogP contribution >= 0.6 is 0 Å². The highest BCUT2D eigenvalue weighted by atomic mass is 32.2. The number of carbonyl (C=O) groups excluding carboxylic acids is 1. The number of hydrogen-bond acceptors (Lipinski definition) is 8. The second-order valence-electron chi connectivity index (χ2n) is 8.88. The molecule has 12 nitrogen and oxygen atoms in total. The van der Waals surface area contributed by atoms with Gasteiger partial charge in [0.2, 0.25) is 15.9 Å². The van der Waals surface area contributed by atoms with E-state index in [0.717, 1.165) is 5.56 Å². The normalized spacial score (nSPS) is 11.4. The number of nitrogens with one attached hydrogen (secondary N) is 2. The van der Waals surface area contributed by atoms with Gasteiger partial charge in [-0.2, -0.15) is 9.78 Å². The first kappa shape index (κ1) is 27.4. The first-order chi connectivity index (χ1) is 19.6. The van der Waals surface area contributed by atoms with E-state index >= 15 is 0 Å². The highest BCUT2D eigenvalue weighted by molar-refractivity contribution is 7.89. The lowest BCUT2D eigenvalue weighted by molar-refractivity contribution is 0.0689. The molecular formula is C28H24N4O8S. The minimum Gasteiger partial charge on any atom is -0.476 e. The maximum atomic E-state index is 13.5. The van der Waals surface area contributed by atoms with E-state index in [4.69, 9.17) is 13.6 Å². The second-order valence-corrected chi connectivity index (χ2v) is 10.6. The number of carboxylic acid groups (broad SMARTS) is 1. The van der Waals surface area contributed by atoms with Crippen LogP contribution < -0.4 is 14.8 Å². The first-order valence-corrected chi connectivity index (χ1v) is 13.7. The molecule has 0 spiro atoms. The number of sulfonamides is 1. The van der Waals surface area contributed by atoms with Gasteiger partial charge in [0, 0.05) is 11.3 Å². The third-order valence-electron chi connectivity index (χ3n) is 6.07. The van der Waals surface area contributed by atoms with Crippen molar-refractivity contribution in [2.75, 3.05) is 5.32 Å². The molecule has 5 aromatic rings. The zero-order valence-electron chi connectivity index (χ0n) is 21.8. The molecular weight excluding hydrogens is 552 g/mol. The van der Waals surface area contributed by atoms with Gasteiger partial charge in [-0.15, -0.1) is 0 Å². The van der Waals surface area contributed by atoms with E-state index in [0.29, 0.717) is 11.4 Å². The van der Waals surface area contributed by atoms with Crippen LogP contribution in [-0.4, -0.2) is 35.2 Å². The van der Waals surface area contributed by atoms with Gasteiger partial charge in [0.05, 0.1) is 24.8 Å². The van der Waals surface area contributed by atoms with E-state index in [1.165, 1.54) is 48.4 Å². The number of aryl methyl sites for hydroxylation is 1. The van der Waals surface area contributed by atoms with Crippen LogP contribution in [-0.2, 0) is 16.6 Å². The molecule has 0 bridgehead atoms. The fourth-order valence-electron chi connectivity index (χ4n) is 4.01. The monoisotopic (exact) mass is 576 g/mol. The number of anilines is 1. The van der Waals surface area contributed by atoms with Crippen molar-refractivity contribution in [2.45, 2.75) is 25.3 Å². The number of nitrogens with zero attached hydrogens (tertiary/aromatic N) is 2. The zero-order chi connectivity index (χ0) is 29.1. The molecule has 5 rings (SSSR count). The fourth-order valence-corrected chi connectivity index (χ4v) is 5.15. The van der Waals surface area contributed by atoms with Crippen molar-refractivity contribution in [1.29, 1.82) is 0 Å². The van der Waals surface area contributed by atoms with E-state index in [2.05, 4.69) is 15.1 Å². The van der Waals surface area contributed by atoms with Crippen molar-refractivity contribution in [3.8, 4) is 17.3 Å². The van der Waals surface area contributed by atoms with Crippen LogP contribution in [0.15, 0.2) is 93.0 Å². The SMILES string of the molecule is Cc1ccccc1-n1nc(C(=O)O)c(C)c1Oc1ccc(NC(=O)c2ccco2)cc1S(=O)(=O)NCc1ccco1. The molecule has 2 aromatic carbocycles. The van der Waals surface area contributed by atoms with E-state index in [-0.39, 0.29) is 45.8 Å². The van der Waals surface area contributed by atoms with Crippen LogP contribution in [0.3, 0.4) is 0 Å². The number of aromatic nitrogens is 2. The summed E-state index contributed by atoms with van der Waals surface area (Å²) in [6.45, 7) is 3.18. The molecule has 0 aliphatic carbocycles. The highest BCUT2D eigenvalue weighted by Gasteiger charge is 2.27. The third kappa shape index (κ3) is 5.76. The van der Waals surface area contributed by atoms with Crippen LogP contribution in [0.1, 0.15) is 37.9 Å². The molecule has 210 valence electrons. The fraction of sp³-hybridized carbons (Fsp3) is 0.107. The van der Waals surface area contributed by atoms with Crippen molar-refractivity contribution in [2.24, 2.45) is 0 Å². The zero-order valence-corrected chi connectivity index (χ0v) is 22.6. The minimum absolute atomic E-state index is 0.00607. The first-order valence-electron chi connectivity index (χ1n) is 12.2. The predicted molar refractivity (Wildman–Crippen MR) is 146 cm³/mol. The highest BCUT2D eigenvalue weighted by Crippen LogP contribution is 2.36. The molecule has 41 heavy (non-hydrogen) atoms. The standard InChI is InChI=1S/C28H24N4O8S/c1-17-7-3-4-9-21(17)32-27(18(2)25(31-32)28(34)35)40-22-12-11-19(30-26(33)23-10-6-14-39-23)15-24(22)41(36,37)29-16-20-8-5-13-38-20/h3-15,29H,16H2,1-2H3,(H,30,33)(H,34,35). The summed E-state index contributed by atoms with van der Waals surface area (Å²) in [5.41, 5.74) is 1.39. The summed E-state index contributed by atoms with van der Waals surface area (Å²) in [7, 11) is -4.26. The van der Waals surface area contributed by atoms with Crippen molar-refractivity contribution in [3.63, 3.8) is 0 Å². The summed E-state index contributed by atoms with van der Waals surface area (Å²) in [4.78, 5) is 24.2. The predicted octanol–water partition coefficient (Wildman–Crippen LogP) is 4.90. The Labute approximate surface area is 234 Å². The molecule has 0 unspecified atom stereocenters. The Bertz CT molecular complexity index is 1820. The Morgan fingerprint density at radius 3 is 2.44 bits per heavy atom. The molecule has 0 saturated carbocycles. The summed E-state index contributed by atoms with van der Waals surface area (Å²) in [5.74, 6) is -1.59. The average Bonchev–Trinajstić information content (AvgIpc) is 3.72. The lowest BCUT2D eigenvalue weighted by Gasteiger charge is -2.16. The van der Waals surface area contributed by atoms with Crippen LogP contribution in [0, 0.1) is 13.8 Å². The van der Waals surface area contributed by atoms with Crippen LogP contribution in [0.2, 0.25) is 0 Å². The maximum Gasteiger partial charge on any atom is 0.356 e. The number of carbonyl (C=O) groups is 2. The Morgan fingerprint density at radius 1 is 1.00 bits per heavy atom. The van der Waals surface area contributed by atoms with Crippen LogP contribution in [0.5, 0.6) is 11.6 Å². The lowest BCUT2D eigenvalue weighted by Crippen LogP contribution is -2.24. The molecule has 0 saturated heterocycles.